The molecule has 1 aliphatic heterocycles. The molecule has 24 heavy (non-hydrogen) atoms. The lowest BCUT2D eigenvalue weighted by molar-refractivity contribution is 0.237. The third-order valence-electron chi connectivity index (χ3n) is 5.83. The third-order valence-corrected chi connectivity index (χ3v) is 7.89. The van der Waals surface area contributed by atoms with Crippen LogP contribution in [0.2, 0.25) is 0 Å². The Morgan fingerprint density at radius 1 is 1.12 bits per heavy atom. The van der Waals surface area contributed by atoms with Crippen LogP contribution < -0.4 is 10.6 Å². The molecule has 3 fully saturated rings. The van der Waals surface area contributed by atoms with E-state index in [1.165, 1.54) is 37.9 Å². The number of nitrogens with one attached hydrogen (secondary N) is 2. The lowest BCUT2D eigenvalue weighted by Crippen LogP contribution is -2.61. The largest absolute Gasteiger partial charge is 0.355 e. The zero-order valence-electron chi connectivity index (χ0n) is 14.2. The van der Waals surface area contributed by atoms with Crippen LogP contribution in [0.5, 0.6) is 0 Å². The van der Waals surface area contributed by atoms with E-state index < -0.39 is 0 Å². The summed E-state index contributed by atoms with van der Waals surface area (Å²) in [5, 5.41) is 17.0. The third kappa shape index (κ3) is 4.78. The molecule has 1 saturated heterocycles. The minimum atomic E-state index is -0.205. The molecule has 2 saturated carbocycles. The highest BCUT2D eigenvalue weighted by atomic mass is 35.5. The van der Waals surface area contributed by atoms with E-state index in [9.17, 15) is 5.26 Å². The Labute approximate surface area is 160 Å². The molecule has 3 nitrogen and oxygen atoms in total. The molecule has 0 spiro atoms. The van der Waals surface area contributed by atoms with Crippen molar-refractivity contribution in [3.63, 3.8) is 0 Å². The minimum absolute atomic E-state index is 0.155. The number of hydrogen-bond donors (Lipinski definition) is 2. The van der Waals surface area contributed by atoms with E-state index in [1.807, 2.05) is 11.8 Å². The summed E-state index contributed by atoms with van der Waals surface area (Å²) in [6, 6.07) is 2.61. The van der Waals surface area contributed by atoms with Crippen molar-refractivity contribution in [3.8, 4) is 6.07 Å². The van der Waals surface area contributed by atoms with Crippen LogP contribution in [0.4, 0.5) is 0 Å². The van der Waals surface area contributed by atoms with Crippen molar-refractivity contribution in [1.29, 1.82) is 5.26 Å². The summed E-state index contributed by atoms with van der Waals surface area (Å²) in [6.45, 7) is 0. The predicted molar refractivity (Wildman–Crippen MR) is 106 cm³/mol. The zero-order chi connectivity index (χ0) is 16.9. The molecule has 2 aliphatic carbocycles. The van der Waals surface area contributed by atoms with E-state index in [0.29, 0.717) is 11.3 Å². The molecule has 0 amide bonds. The van der Waals surface area contributed by atoms with E-state index in [-0.39, 0.29) is 17.5 Å². The molecule has 0 bridgehead atoms. The maximum atomic E-state index is 9.58. The lowest BCUT2D eigenvalue weighted by atomic mass is 9.78. The van der Waals surface area contributed by atoms with Crippen LogP contribution in [0.1, 0.15) is 57.8 Å². The first kappa shape index (κ1) is 18.8. The Morgan fingerprint density at radius 3 is 2.50 bits per heavy atom. The van der Waals surface area contributed by atoms with Crippen molar-refractivity contribution < 1.29 is 0 Å². The van der Waals surface area contributed by atoms with Crippen molar-refractivity contribution in [1.82, 2.24) is 10.6 Å². The van der Waals surface area contributed by atoms with Crippen LogP contribution >= 0.6 is 35.6 Å². The van der Waals surface area contributed by atoms with Gasteiger partial charge in [0.25, 0.3) is 0 Å². The molecule has 134 valence electrons. The van der Waals surface area contributed by atoms with Gasteiger partial charge in [-0.15, -0.1) is 23.4 Å². The van der Waals surface area contributed by atoms with Crippen LogP contribution in [0.25, 0.3) is 0 Å². The fourth-order valence-electron chi connectivity index (χ4n) is 4.36. The Morgan fingerprint density at radius 2 is 1.83 bits per heavy atom. The molecular weight excluding hydrogens is 358 g/mol. The molecule has 3 rings (SSSR count). The highest BCUT2D eigenvalue weighted by Gasteiger charge is 2.39. The van der Waals surface area contributed by atoms with Gasteiger partial charge in [0.1, 0.15) is 11.4 Å². The minimum Gasteiger partial charge on any atom is -0.355 e. The first-order valence-corrected chi connectivity index (χ1v) is 11.3. The van der Waals surface area contributed by atoms with Crippen LogP contribution in [-0.4, -0.2) is 27.7 Å². The molecule has 0 aromatic rings. The normalized spacial score (nSPS) is 38.3. The monoisotopic (exact) mass is 385 g/mol. The second-order valence-corrected chi connectivity index (χ2v) is 9.73. The average molecular weight is 386 g/mol. The van der Waals surface area contributed by atoms with Crippen molar-refractivity contribution in [2.45, 2.75) is 74.7 Å². The van der Waals surface area contributed by atoms with E-state index in [2.05, 4.69) is 16.7 Å². The van der Waals surface area contributed by atoms with Crippen molar-refractivity contribution >= 4 is 40.6 Å². The first-order chi connectivity index (χ1) is 11.7. The number of halogens is 1. The molecule has 0 aromatic heterocycles. The molecule has 3 unspecified atom stereocenters. The number of thiocarbonyl (C=S) groups is 1. The Hall–Kier alpha value is -0.0200. The number of alkyl halides is 1. The molecular formula is C18H28ClN3S2. The van der Waals surface area contributed by atoms with Gasteiger partial charge in [-0.1, -0.05) is 31.5 Å². The number of nitrogens with zero attached hydrogens (tertiary/aromatic N) is 1. The van der Waals surface area contributed by atoms with E-state index in [4.69, 9.17) is 23.8 Å². The second kappa shape index (κ2) is 9.07. The lowest BCUT2D eigenvalue weighted by Gasteiger charge is -2.42. The highest BCUT2D eigenvalue weighted by Crippen LogP contribution is 2.35. The van der Waals surface area contributed by atoms with E-state index in [0.717, 1.165) is 36.6 Å². The second-order valence-electron chi connectivity index (χ2n) is 7.54. The summed E-state index contributed by atoms with van der Waals surface area (Å²) in [6.07, 6.45) is 11.2. The van der Waals surface area contributed by atoms with Gasteiger partial charge in [-0.05, 0) is 56.1 Å². The summed E-state index contributed by atoms with van der Waals surface area (Å²) in [5.41, 5.74) is 0.155. The van der Waals surface area contributed by atoms with E-state index >= 15 is 0 Å². The number of thioether (sulfide) groups is 1. The Balaban J connectivity index is 1.57. The number of rotatable bonds is 4. The van der Waals surface area contributed by atoms with Gasteiger partial charge in [0.15, 0.2) is 0 Å². The Bertz CT molecular complexity index is 467. The predicted octanol–water partition coefficient (Wildman–Crippen LogP) is 4.41. The van der Waals surface area contributed by atoms with Crippen LogP contribution in [-0.2, 0) is 0 Å². The van der Waals surface area contributed by atoms with Crippen molar-refractivity contribution in [2.75, 3.05) is 5.75 Å². The maximum absolute atomic E-state index is 9.58. The van der Waals surface area contributed by atoms with Gasteiger partial charge in [0, 0.05) is 11.4 Å². The summed E-state index contributed by atoms with van der Waals surface area (Å²) >= 11 is 13.7. The molecule has 2 N–H and O–H groups in total. The van der Waals surface area contributed by atoms with Gasteiger partial charge in [-0.25, -0.2) is 0 Å². The summed E-state index contributed by atoms with van der Waals surface area (Å²) < 4.78 is 0. The van der Waals surface area contributed by atoms with Gasteiger partial charge in [-0.2, -0.15) is 5.26 Å². The molecule has 0 radical (unpaired) electrons. The summed E-state index contributed by atoms with van der Waals surface area (Å²) in [5.74, 6) is 2.34. The molecule has 0 aromatic carbocycles. The smallest absolute Gasteiger partial charge is 0.126 e. The average Bonchev–Trinajstić information content (AvgIpc) is 2.61. The Kier molecular flexibility index (Phi) is 7.09. The van der Waals surface area contributed by atoms with Crippen LogP contribution in [0, 0.1) is 29.1 Å². The first-order valence-electron chi connectivity index (χ1n) is 9.39. The molecule has 3 atom stereocenters. The van der Waals surface area contributed by atoms with Crippen molar-refractivity contribution in [2.24, 2.45) is 17.8 Å². The standard InChI is InChI=1S/C18H28ClN3S2/c19-14-8-6-13(7-9-14)16-15(10-20)17(23)22-18(21-16)24-11-12-4-2-1-3-5-12/h12-16,18,21H,1-9,11H2,(H,22,23). The zero-order valence-corrected chi connectivity index (χ0v) is 16.6. The van der Waals surface area contributed by atoms with Gasteiger partial charge >= 0.3 is 0 Å². The summed E-state index contributed by atoms with van der Waals surface area (Å²) in [7, 11) is 0. The van der Waals surface area contributed by atoms with Crippen LogP contribution in [0.3, 0.4) is 0 Å². The van der Waals surface area contributed by atoms with Gasteiger partial charge < -0.3 is 5.32 Å². The highest BCUT2D eigenvalue weighted by molar-refractivity contribution is 7.99. The van der Waals surface area contributed by atoms with Gasteiger partial charge in [0.2, 0.25) is 0 Å². The SMILES string of the molecule is N#CC1C(=S)NC(SCC2CCCCC2)NC1C1CCC(Cl)CC1. The molecule has 6 heteroatoms. The summed E-state index contributed by atoms with van der Waals surface area (Å²) in [4.78, 5) is 0.732. The quantitative estimate of drug-likeness (QED) is 0.554. The maximum Gasteiger partial charge on any atom is 0.126 e. The van der Waals surface area contributed by atoms with Gasteiger partial charge in [0.05, 0.1) is 11.1 Å². The number of hydrogen-bond acceptors (Lipinski definition) is 4. The fourth-order valence-corrected chi connectivity index (χ4v) is 6.26. The number of nitriles is 1. The van der Waals surface area contributed by atoms with Crippen LogP contribution in [0.15, 0.2) is 0 Å². The topological polar surface area (TPSA) is 47.9 Å². The van der Waals surface area contributed by atoms with Crippen molar-refractivity contribution in [3.05, 3.63) is 0 Å². The molecule has 1 heterocycles. The molecule has 3 aliphatic rings. The fraction of sp³-hybridized carbons (Fsp3) is 0.889. The van der Waals surface area contributed by atoms with Gasteiger partial charge in [-0.3, -0.25) is 5.32 Å². The van der Waals surface area contributed by atoms with E-state index in [1.54, 1.807) is 0 Å².